The van der Waals surface area contributed by atoms with Gasteiger partial charge in [-0.1, -0.05) is 0 Å². The Morgan fingerprint density at radius 3 is 2.71 bits per heavy atom. The molecule has 0 spiro atoms. The molecule has 0 saturated carbocycles. The molecule has 2 heterocycles. The molecule has 1 unspecified atom stereocenters. The van der Waals surface area contributed by atoms with Crippen LogP contribution in [0.3, 0.4) is 0 Å². The lowest BCUT2D eigenvalue weighted by Gasteiger charge is -2.24. The molecule has 1 amide bonds. The van der Waals surface area contributed by atoms with Gasteiger partial charge in [0.15, 0.2) is 5.82 Å². The van der Waals surface area contributed by atoms with E-state index in [9.17, 15) is 9.18 Å². The average molecular weight is 297 g/mol. The van der Waals surface area contributed by atoms with Gasteiger partial charge in [0.2, 0.25) is 0 Å². The summed E-state index contributed by atoms with van der Waals surface area (Å²) in [5, 5.41) is 0. The molecule has 6 nitrogen and oxygen atoms in total. The summed E-state index contributed by atoms with van der Waals surface area (Å²) in [6.07, 6.45) is 2.65. The summed E-state index contributed by atoms with van der Waals surface area (Å²) < 4.78 is 23.4. The Morgan fingerprint density at radius 2 is 2.10 bits per heavy atom. The topological polar surface area (TPSA) is 64.5 Å². The number of aromatic nitrogens is 2. The van der Waals surface area contributed by atoms with E-state index in [0.717, 1.165) is 18.8 Å². The van der Waals surface area contributed by atoms with Crippen molar-refractivity contribution >= 4 is 6.09 Å². The highest BCUT2D eigenvalue weighted by molar-refractivity contribution is 5.68. The highest BCUT2D eigenvalue weighted by Gasteiger charge is 2.30. The summed E-state index contributed by atoms with van der Waals surface area (Å²) in [6.45, 7) is 7.14. The van der Waals surface area contributed by atoms with Crippen LogP contribution in [-0.2, 0) is 4.74 Å². The van der Waals surface area contributed by atoms with E-state index in [1.807, 2.05) is 20.8 Å². The highest BCUT2D eigenvalue weighted by atomic mass is 19.1. The fourth-order valence-electron chi connectivity index (χ4n) is 2.03. The molecule has 7 heteroatoms. The van der Waals surface area contributed by atoms with Gasteiger partial charge in [0.05, 0.1) is 19.0 Å². The molecule has 0 aromatic carbocycles. The van der Waals surface area contributed by atoms with Crippen molar-refractivity contribution in [1.82, 2.24) is 14.9 Å². The van der Waals surface area contributed by atoms with E-state index in [1.54, 1.807) is 4.90 Å². The normalized spacial score (nSPS) is 18.7. The summed E-state index contributed by atoms with van der Waals surface area (Å²) >= 11 is 0. The second-order valence-electron chi connectivity index (χ2n) is 6.08. The van der Waals surface area contributed by atoms with E-state index in [4.69, 9.17) is 9.47 Å². The van der Waals surface area contributed by atoms with Crippen molar-refractivity contribution < 1.29 is 18.7 Å². The fraction of sp³-hybridized carbons (Fsp3) is 0.643. The molecular formula is C14H20FN3O3. The summed E-state index contributed by atoms with van der Waals surface area (Å²) in [5.41, 5.74) is -0.492. The standard InChI is InChI=1S/C14H20FN3O3/c1-14(2,3)21-13(19)18-5-4-10(8-18)9-20-12-16-6-11(15)7-17-12/h6-7,10H,4-5,8-9H2,1-3H3. The smallest absolute Gasteiger partial charge is 0.410 e. The fourth-order valence-corrected chi connectivity index (χ4v) is 2.03. The predicted molar refractivity (Wildman–Crippen MR) is 73.4 cm³/mol. The number of hydrogen-bond donors (Lipinski definition) is 0. The minimum atomic E-state index is -0.501. The van der Waals surface area contributed by atoms with Gasteiger partial charge in [0.1, 0.15) is 5.60 Å². The lowest BCUT2D eigenvalue weighted by atomic mass is 10.1. The number of nitrogens with zero attached hydrogens (tertiary/aromatic N) is 3. The van der Waals surface area contributed by atoms with E-state index in [-0.39, 0.29) is 18.0 Å². The molecule has 1 aliphatic rings. The van der Waals surface area contributed by atoms with Gasteiger partial charge in [-0.3, -0.25) is 0 Å². The van der Waals surface area contributed by atoms with Gasteiger partial charge >= 0.3 is 12.1 Å². The van der Waals surface area contributed by atoms with Crippen LogP contribution < -0.4 is 4.74 Å². The average Bonchev–Trinajstić information content (AvgIpc) is 2.85. The first-order chi connectivity index (χ1) is 9.83. The zero-order valence-electron chi connectivity index (χ0n) is 12.5. The third-order valence-corrected chi connectivity index (χ3v) is 2.98. The second kappa shape index (κ2) is 6.24. The van der Waals surface area contributed by atoms with Crippen molar-refractivity contribution in [3.63, 3.8) is 0 Å². The maximum atomic E-state index is 12.7. The maximum Gasteiger partial charge on any atom is 0.410 e. The van der Waals surface area contributed by atoms with E-state index < -0.39 is 11.4 Å². The van der Waals surface area contributed by atoms with Gasteiger partial charge in [0, 0.05) is 19.0 Å². The van der Waals surface area contributed by atoms with Gasteiger partial charge in [-0.15, -0.1) is 0 Å². The minimum Gasteiger partial charge on any atom is -0.463 e. The van der Waals surface area contributed by atoms with Crippen molar-refractivity contribution in [3.8, 4) is 6.01 Å². The van der Waals surface area contributed by atoms with Crippen LogP contribution in [0.5, 0.6) is 6.01 Å². The highest BCUT2D eigenvalue weighted by Crippen LogP contribution is 2.20. The molecule has 21 heavy (non-hydrogen) atoms. The number of ether oxygens (including phenoxy) is 2. The van der Waals surface area contributed by atoms with Crippen molar-refractivity contribution in [2.75, 3.05) is 19.7 Å². The number of halogens is 1. The Bertz CT molecular complexity index is 487. The number of hydrogen-bond acceptors (Lipinski definition) is 5. The predicted octanol–water partition coefficient (Wildman–Crippen LogP) is 2.25. The molecule has 1 aromatic heterocycles. The Hall–Kier alpha value is -1.92. The molecular weight excluding hydrogens is 277 g/mol. The first-order valence-electron chi connectivity index (χ1n) is 6.92. The van der Waals surface area contributed by atoms with Crippen LogP contribution in [0.1, 0.15) is 27.2 Å². The minimum absolute atomic E-state index is 0.145. The molecule has 1 aliphatic heterocycles. The molecule has 2 rings (SSSR count). The first-order valence-corrected chi connectivity index (χ1v) is 6.92. The lowest BCUT2D eigenvalue weighted by Crippen LogP contribution is -2.35. The van der Waals surface area contributed by atoms with E-state index >= 15 is 0 Å². The van der Waals surface area contributed by atoms with Crippen molar-refractivity contribution in [1.29, 1.82) is 0 Å². The summed E-state index contributed by atoms with van der Waals surface area (Å²) in [7, 11) is 0. The number of rotatable bonds is 3. The third-order valence-electron chi connectivity index (χ3n) is 2.98. The van der Waals surface area contributed by atoms with Gasteiger partial charge in [0.25, 0.3) is 0 Å². The van der Waals surface area contributed by atoms with Crippen LogP contribution in [0.15, 0.2) is 12.4 Å². The summed E-state index contributed by atoms with van der Waals surface area (Å²) in [4.78, 5) is 21.0. The lowest BCUT2D eigenvalue weighted by molar-refractivity contribution is 0.0284. The Labute approximate surface area is 123 Å². The zero-order valence-corrected chi connectivity index (χ0v) is 12.5. The van der Waals surface area contributed by atoms with Gasteiger partial charge in [-0.25, -0.2) is 19.2 Å². The molecule has 0 N–H and O–H groups in total. The van der Waals surface area contributed by atoms with Crippen LogP contribution in [0.4, 0.5) is 9.18 Å². The number of amides is 1. The monoisotopic (exact) mass is 297 g/mol. The maximum absolute atomic E-state index is 12.7. The molecule has 0 bridgehead atoms. The quantitative estimate of drug-likeness (QED) is 0.856. The van der Waals surface area contributed by atoms with E-state index in [1.165, 1.54) is 0 Å². The summed E-state index contributed by atoms with van der Waals surface area (Å²) in [6, 6.07) is 0.145. The molecule has 116 valence electrons. The van der Waals surface area contributed by atoms with Crippen LogP contribution >= 0.6 is 0 Å². The zero-order chi connectivity index (χ0) is 15.5. The summed E-state index contributed by atoms with van der Waals surface area (Å²) in [5.74, 6) is -0.300. The molecule has 0 radical (unpaired) electrons. The number of carbonyl (C=O) groups is 1. The molecule has 0 aliphatic carbocycles. The molecule has 1 saturated heterocycles. The molecule has 1 aromatic rings. The molecule has 1 atom stereocenters. The van der Waals surface area contributed by atoms with Gasteiger partial charge < -0.3 is 14.4 Å². The van der Waals surface area contributed by atoms with Crippen molar-refractivity contribution in [2.45, 2.75) is 32.8 Å². The Balaban J connectivity index is 1.77. The Kier molecular flexibility index (Phi) is 4.59. The van der Waals surface area contributed by atoms with Gasteiger partial charge in [-0.2, -0.15) is 0 Å². The van der Waals surface area contributed by atoms with Crippen LogP contribution in [-0.4, -0.2) is 46.3 Å². The van der Waals surface area contributed by atoms with E-state index in [2.05, 4.69) is 9.97 Å². The number of carbonyl (C=O) groups excluding carboxylic acids is 1. The second-order valence-corrected chi connectivity index (χ2v) is 6.08. The van der Waals surface area contributed by atoms with Crippen LogP contribution in [0, 0.1) is 11.7 Å². The third kappa shape index (κ3) is 4.84. The van der Waals surface area contributed by atoms with Crippen LogP contribution in [0.2, 0.25) is 0 Å². The SMILES string of the molecule is CC(C)(C)OC(=O)N1CCC(COc2ncc(F)cn2)C1. The Morgan fingerprint density at radius 1 is 1.43 bits per heavy atom. The molecule has 1 fully saturated rings. The number of likely N-dealkylation sites (tertiary alicyclic amines) is 1. The van der Waals surface area contributed by atoms with Gasteiger partial charge in [-0.05, 0) is 27.2 Å². The van der Waals surface area contributed by atoms with Crippen molar-refractivity contribution in [3.05, 3.63) is 18.2 Å². The largest absolute Gasteiger partial charge is 0.463 e. The first kappa shape index (κ1) is 15.5. The van der Waals surface area contributed by atoms with Crippen LogP contribution in [0.25, 0.3) is 0 Å². The van der Waals surface area contributed by atoms with Crippen molar-refractivity contribution in [2.24, 2.45) is 5.92 Å². The van der Waals surface area contributed by atoms with E-state index in [0.29, 0.717) is 19.7 Å².